The summed E-state index contributed by atoms with van der Waals surface area (Å²) in [5.41, 5.74) is 5.72. The summed E-state index contributed by atoms with van der Waals surface area (Å²) in [4.78, 5) is 0. The quantitative estimate of drug-likeness (QED) is 0.381. The van der Waals surface area contributed by atoms with Crippen LogP contribution in [0.1, 0.15) is 13.3 Å². The molecule has 0 aromatic rings. The number of hydrogen-bond donors (Lipinski definition) is 1. The molecule has 0 saturated carbocycles. The lowest BCUT2D eigenvalue weighted by atomic mass is 10.3. The lowest BCUT2D eigenvalue weighted by molar-refractivity contribution is -0.895. The van der Waals surface area contributed by atoms with E-state index in [1.165, 1.54) is 0 Å². The van der Waals surface area contributed by atoms with Gasteiger partial charge < -0.3 is 21.5 Å². The molecule has 2 nitrogen and oxygen atoms in total. The molecule has 1 atom stereocenters. The molecule has 58 valence electrons. The van der Waals surface area contributed by atoms with Crippen molar-refractivity contribution in [2.75, 3.05) is 21.1 Å². The van der Waals surface area contributed by atoms with Crippen molar-refractivity contribution in [1.82, 2.24) is 0 Å². The molecule has 0 aliphatic rings. The number of hydrogen-bond acceptors (Lipinski definition) is 1. The zero-order chi connectivity index (χ0) is 6.78. The summed E-state index contributed by atoms with van der Waals surface area (Å²) in [6, 6.07) is 0. The predicted octanol–water partition coefficient (Wildman–Crippen LogP) is -2.61. The topological polar surface area (TPSA) is 26.0 Å². The SMILES string of the molecule is CCC(N)[N+](C)(C)C.[Br-]. The lowest BCUT2D eigenvalue weighted by Crippen LogP contribution is -3.00. The van der Waals surface area contributed by atoms with Gasteiger partial charge in [0.2, 0.25) is 0 Å². The Labute approximate surface area is 68.4 Å². The molecule has 2 N–H and O–H groups in total. The largest absolute Gasteiger partial charge is 1.00 e. The zero-order valence-corrected chi connectivity index (χ0v) is 8.27. The van der Waals surface area contributed by atoms with Crippen molar-refractivity contribution in [1.29, 1.82) is 0 Å². The smallest absolute Gasteiger partial charge is 0.139 e. The fourth-order valence-corrected chi connectivity index (χ4v) is 0.548. The normalized spacial score (nSPS) is 14.3. The average molecular weight is 197 g/mol. The minimum absolute atomic E-state index is 0. The van der Waals surface area contributed by atoms with Crippen molar-refractivity contribution in [2.45, 2.75) is 19.5 Å². The highest BCUT2D eigenvalue weighted by Crippen LogP contribution is 1.98. The second-order valence-corrected chi connectivity index (χ2v) is 3.09. The molecule has 0 aliphatic carbocycles. The highest BCUT2D eigenvalue weighted by molar-refractivity contribution is 4.39. The van der Waals surface area contributed by atoms with E-state index in [9.17, 15) is 0 Å². The van der Waals surface area contributed by atoms with E-state index in [2.05, 4.69) is 28.1 Å². The molecule has 0 spiro atoms. The van der Waals surface area contributed by atoms with Gasteiger partial charge >= 0.3 is 0 Å². The van der Waals surface area contributed by atoms with Gasteiger partial charge in [0, 0.05) is 6.42 Å². The Hall–Kier alpha value is 0.400. The maximum atomic E-state index is 5.72. The highest BCUT2D eigenvalue weighted by Gasteiger charge is 2.14. The molecule has 0 bridgehead atoms. The summed E-state index contributed by atoms with van der Waals surface area (Å²) in [7, 11) is 6.32. The Kier molecular flexibility index (Phi) is 5.72. The van der Waals surface area contributed by atoms with Crippen molar-refractivity contribution in [3.8, 4) is 0 Å². The van der Waals surface area contributed by atoms with Crippen LogP contribution in [0.15, 0.2) is 0 Å². The molecule has 0 amide bonds. The molecule has 0 aromatic carbocycles. The van der Waals surface area contributed by atoms with Gasteiger partial charge in [0.15, 0.2) is 0 Å². The fourth-order valence-electron chi connectivity index (χ4n) is 0.548. The first-order chi connectivity index (χ1) is 3.48. The van der Waals surface area contributed by atoms with Crippen LogP contribution >= 0.6 is 0 Å². The molecule has 1 unspecified atom stereocenters. The lowest BCUT2D eigenvalue weighted by Gasteiger charge is -2.30. The van der Waals surface area contributed by atoms with Crippen LogP contribution in [0, 0.1) is 0 Å². The third kappa shape index (κ3) is 4.88. The molecule has 0 aromatic heterocycles. The van der Waals surface area contributed by atoms with Crippen molar-refractivity contribution in [3.63, 3.8) is 0 Å². The monoisotopic (exact) mass is 196 g/mol. The van der Waals surface area contributed by atoms with Crippen LogP contribution in [0.3, 0.4) is 0 Å². The van der Waals surface area contributed by atoms with Crippen LogP contribution in [0.4, 0.5) is 0 Å². The van der Waals surface area contributed by atoms with Crippen LogP contribution in [-0.4, -0.2) is 31.8 Å². The molecule has 0 aliphatic heterocycles. The van der Waals surface area contributed by atoms with E-state index in [1.54, 1.807) is 0 Å². The number of halogens is 1. The summed E-state index contributed by atoms with van der Waals surface area (Å²) in [6.07, 6.45) is 1.33. The predicted molar refractivity (Wildman–Crippen MR) is 36.3 cm³/mol. The Bertz CT molecular complexity index is 67.9. The summed E-state index contributed by atoms with van der Waals surface area (Å²) < 4.78 is 0.858. The van der Waals surface area contributed by atoms with Gasteiger partial charge in [-0.25, -0.2) is 0 Å². The summed E-state index contributed by atoms with van der Waals surface area (Å²) in [6.45, 7) is 2.11. The Morgan fingerprint density at radius 2 is 1.67 bits per heavy atom. The minimum Gasteiger partial charge on any atom is -1.00 e. The van der Waals surface area contributed by atoms with E-state index in [4.69, 9.17) is 5.73 Å². The van der Waals surface area contributed by atoms with Crippen molar-refractivity contribution >= 4 is 0 Å². The fraction of sp³-hybridized carbons (Fsp3) is 1.00. The van der Waals surface area contributed by atoms with Crippen LogP contribution in [-0.2, 0) is 0 Å². The van der Waals surface area contributed by atoms with E-state index >= 15 is 0 Å². The van der Waals surface area contributed by atoms with Gasteiger partial charge in [-0.1, -0.05) is 6.92 Å². The number of quaternary nitrogens is 1. The van der Waals surface area contributed by atoms with Gasteiger partial charge in [0.05, 0.1) is 21.1 Å². The summed E-state index contributed by atoms with van der Waals surface area (Å²) in [5, 5.41) is 0. The Morgan fingerprint density at radius 1 is 1.33 bits per heavy atom. The maximum Gasteiger partial charge on any atom is 0.139 e. The van der Waals surface area contributed by atoms with Gasteiger partial charge in [-0.3, -0.25) is 5.73 Å². The Balaban J connectivity index is 0. The zero-order valence-electron chi connectivity index (χ0n) is 6.69. The van der Waals surface area contributed by atoms with Crippen molar-refractivity contribution in [2.24, 2.45) is 5.73 Å². The maximum absolute atomic E-state index is 5.72. The minimum atomic E-state index is 0. The third-order valence-corrected chi connectivity index (χ3v) is 1.41. The van der Waals surface area contributed by atoms with Gasteiger partial charge in [-0.05, 0) is 0 Å². The van der Waals surface area contributed by atoms with Crippen LogP contribution in [0.25, 0.3) is 0 Å². The number of nitrogens with two attached hydrogens (primary N) is 1. The van der Waals surface area contributed by atoms with E-state index in [1.807, 2.05) is 0 Å². The number of rotatable bonds is 2. The van der Waals surface area contributed by atoms with Crippen molar-refractivity contribution in [3.05, 3.63) is 0 Å². The van der Waals surface area contributed by atoms with Gasteiger partial charge in [0.25, 0.3) is 0 Å². The molecule has 0 saturated heterocycles. The molecular weight excluding hydrogens is 180 g/mol. The molecule has 3 heteroatoms. The second-order valence-electron chi connectivity index (χ2n) is 3.09. The highest BCUT2D eigenvalue weighted by atomic mass is 79.9. The van der Waals surface area contributed by atoms with E-state index < -0.39 is 0 Å². The van der Waals surface area contributed by atoms with Crippen molar-refractivity contribution < 1.29 is 21.5 Å². The molecule has 9 heavy (non-hydrogen) atoms. The summed E-state index contributed by atoms with van der Waals surface area (Å²) in [5.74, 6) is 0. The van der Waals surface area contributed by atoms with E-state index in [-0.39, 0.29) is 23.1 Å². The first-order valence-corrected chi connectivity index (χ1v) is 3.05. The molecule has 0 rings (SSSR count). The molecular formula is C6H17BrN2. The van der Waals surface area contributed by atoms with Crippen LogP contribution < -0.4 is 22.7 Å². The standard InChI is InChI=1S/C6H17N2.BrH/c1-5-6(7)8(2,3)4;/h6H,5,7H2,1-4H3;1H/q+1;/p-1. The van der Waals surface area contributed by atoms with Crippen LogP contribution in [0.2, 0.25) is 0 Å². The van der Waals surface area contributed by atoms with Crippen LogP contribution in [0.5, 0.6) is 0 Å². The average Bonchev–Trinajstić information content (AvgIpc) is 1.62. The summed E-state index contributed by atoms with van der Waals surface area (Å²) >= 11 is 0. The van der Waals surface area contributed by atoms with Gasteiger partial charge in [-0.15, -0.1) is 0 Å². The van der Waals surface area contributed by atoms with E-state index in [0.717, 1.165) is 10.9 Å². The first kappa shape index (κ1) is 12.1. The van der Waals surface area contributed by atoms with Gasteiger partial charge in [-0.2, -0.15) is 0 Å². The third-order valence-electron chi connectivity index (χ3n) is 1.41. The molecule has 0 radical (unpaired) electrons. The molecule has 0 heterocycles. The first-order valence-electron chi connectivity index (χ1n) is 3.05. The second kappa shape index (κ2) is 4.25. The van der Waals surface area contributed by atoms with Gasteiger partial charge in [0.1, 0.15) is 6.17 Å². The number of nitrogens with zero attached hydrogens (tertiary/aromatic N) is 1. The molecule has 0 fully saturated rings. The Morgan fingerprint density at radius 3 is 1.67 bits per heavy atom. The van der Waals surface area contributed by atoms with E-state index in [0.29, 0.717) is 0 Å².